The Morgan fingerprint density at radius 2 is 2.21 bits per heavy atom. The minimum absolute atomic E-state index is 0.257. The van der Waals surface area contributed by atoms with Crippen LogP contribution < -0.4 is 5.73 Å². The molecule has 0 spiro atoms. The third-order valence-corrected chi connectivity index (χ3v) is 3.63. The summed E-state index contributed by atoms with van der Waals surface area (Å²) in [5.74, 6) is 0. The van der Waals surface area contributed by atoms with Crippen molar-refractivity contribution in [1.29, 1.82) is 0 Å². The molecule has 2 N–H and O–H groups in total. The molecule has 1 aliphatic rings. The molecule has 1 atom stereocenters. The van der Waals surface area contributed by atoms with Crippen molar-refractivity contribution >= 4 is 5.71 Å². The highest BCUT2D eigenvalue weighted by Gasteiger charge is 2.24. The molecule has 2 nitrogen and oxygen atoms in total. The smallest absolute Gasteiger partial charge is 0.0424 e. The quantitative estimate of drug-likeness (QED) is 0.535. The highest BCUT2D eigenvalue weighted by Crippen LogP contribution is 2.36. The zero-order valence-corrected chi connectivity index (χ0v) is 11.8. The van der Waals surface area contributed by atoms with E-state index in [1.807, 2.05) is 6.08 Å². The van der Waals surface area contributed by atoms with Gasteiger partial charge in [0.25, 0.3) is 0 Å². The number of nitrogens with zero attached hydrogens (tertiary/aromatic N) is 1. The molecule has 0 aromatic rings. The second-order valence-corrected chi connectivity index (χ2v) is 4.86. The molecule has 0 aromatic carbocycles. The predicted molar refractivity (Wildman–Crippen MR) is 85.0 cm³/mol. The van der Waals surface area contributed by atoms with Gasteiger partial charge in [0.05, 0.1) is 0 Å². The van der Waals surface area contributed by atoms with E-state index in [2.05, 4.69) is 49.4 Å². The Balaban J connectivity index is 2.73. The zero-order valence-electron chi connectivity index (χ0n) is 11.8. The highest BCUT2D eigenvalue weighted by atomic mass is 14.7. The number of allylic oxidation sites excluding steroid dienone is 6. The molecule has 0 radical (unpaired) electrons. The zero-order chi connectivity index (χ0) is 14.1. The summed E-state index contributed by atoms with van der Waals surface area (Å²) in [5, 5.41) is 0. The molecule has 0 saturated carbocycles. The number of aliphatic imine (C=N–C) groups is 1. The SMILES string of the molecule is C=CN=C(/C=C(\N)C=C)CCC1(CC)C=CC=CC1. The predicted octanol–water partition coefficient (Wildman–Crippen LogP) is 4.29. The van der Waals surface area contributed by atoms with E-state index in [1.54, 1.807) is 12.3 Å². The lowest BCUT2D eigenvalue weighted by atomic mass is 9.75. The van der Waals surface area contributed by atoms with Gasteiger partial charge in [0.15, 0.2) is 0 Å². The van der Waals surface area contributed by atoms with Crippen molar-refractivity contribution in [3.63, 3.8) is 0 Å². The summed E-state index contributed by atoms with van der Waals surface area (Å²) >= 11 is 0. The summed E-state index contributed by atoms with van der Waals surface area (Å²) in [6, 6.07) is 0. The van der Waals surface area contributed by atoms with Gasteiger partial charge < -0.3 is 5.73 Å². The molecule has 0 fully saturated rings. The molecule has 0 amide bonds. The van der Waals surface area contributed by atoms with Crippen LogP contribution in [0.5, 0.6) is 0 Å². The summed E-state index contributed by atoms with van der Waals surface area (Å²) in [6.07, 6.45) is 18.1. The average molecular weight is 256 g/mol. The topological polar surface area (TPSA) is 38.4 Å². The molecule has 0 heterocycles. The second kappa shape index (κ2) is 7.57. The molecule has 1 aliphatic carbocycles. The van der Waals surface area contributed by atoms with Crippen molar-refractivity contribution < 1.29 is 0 Å². The van der Waals surface area contributed by atoms with Gasteiger partial charge in [0, 0.05) is 17.6 Å². The molecular formula is C17H24N2. The molecule has 0 aromatic heterocycles. The summed E-state index contributed by atoms with van der Waals surface area (Å²) in [4.78, 5) is 4.30. The Hall–Kier alpha value is -1.83. The van der Waals surface area contributed by atoms with Crippen molar-refractivity contribution in [1.82, 2.24) is 0 Å². The van der Waals surface area contributed by atoms with Crippen LogP contribution in [0.3, 0.4) is 0 Å². The molecule has 0 bridgehead atoms. The van der Waals surface area contributed by atoms with E-state index in [-0.39, 0.29) is 5.41 Å². The largest absolute Gasteiger partial charge is 0.399 e. The lowest BCUT2D eigenvalue weighted by molar-refractivity contribution is 0.345. The molecule has 1 rings (SSSR count). The maximum Gasteiger partial charge on any atom is 0.0424 e. The molecule has 2 heteroatoms. The summed E-state index contributed by atoms with van der Waals surface area (Å²) in [5.41, 5.74) is 7.64. The first-order valence-corrected chi connectivity index (χ1v) is 6.77. The Labute approximate surface area is 116 Å². The maximum absolute atomic E-state index is 5.78. The van der Waals surface area contributed by atoms with Crippen molar-refractivity contribution in [2.45, 2.75) is 32.6 Å². The third-order valence-electron chi connectivity index (χ3n) is 3.63. The van der Waals surface area contributed by atoms with Crippen LogP contribution in [0.4, 0.5) is 0 Å². The molecular weight excluding hydrogens is 232 g/mol. The summed E-state index contributed by atoms with van der Waals surface area (Å²) < 4.78 is 0. The lowest BCUT2D eigenvalue weighted by Crippen LogP contribution is -2.19. The summed E-state index contributed by atoms with van der Waals surface area (Å²) in [6.45, 7) is 9.55. The maximum atomic E-state index is 5.78. The minimum atomic E-state index is 0.257. The van der Waals surface area contributed by atoms with E-state index in [4.69, 9.17) is 5.73 Å². The number of rotatable bonds is 7. The van der Waals surface area contributed by atoms with Crippen LogP contribution in [0, 0.1) is 5.41 Å². The van der Waals surface area contributed by atoms with Gasteiger partial charge in [-0.3, -0.25) is 4.99 Å². The van der Waals surface area contributed by atoms with Gasteiger partial charge in [0.2, 0.25) is 0 Å². The first kappa shape index (κ1) is 15.2. The van der Waals surface area contributed by atoms with Gasteiger partial charge in [-0.2, -0.15) is 0 Å². The van der Waals surface area contributed by atoms with E-state index >= 15 is 0 Å². The third kappa shape index (κ3) is 4.74. The molecule has 0 saturated heterocycles. The number of nitrogens with two attached hydrogens (primary N) is 1. The fraction of sp³-hybridized carbons (Fsp3) is 0.353. The van der Waals surface area contributed by atoms with E-state index < -0.39 is 0 Å². The molecule has 102 valence electrons. The van der Waals surface area contributed by atoms with Crippen molar-refractivity contribution in [2.75, 3.05) is 0 Å². The number of hydrogen-bond donors (Lipinski definition) is 1. The fourth-order valence-corrected chi connectivity index (χ4v) is 2.25. The van der Waals surface area contributed by atoms with E-state index in [9.17, 15) is 0 Å². The Kier molecular flexibility index (Phi) is 6.07. The van der Waals surface area contributed by atoms with Crippen LogP contribution in [-0.2, 0) is 0 Å². The van der Waals surface area contributed by atoms with Gasteiger partial charge in [-0.15, -0.1) is 0 Å². The van der Waals surface area contributed by atoms with Gasteiger partial charge >= 0.3 is 0 Å². The van der Waals surface area contributed by atoms with Crippen molar-refractivity contribution in [2.24, 2.45) is 16.1 Å². The van der Waals surface area contributed by atoms with Crippen LogP contribution in [0.15, 0.2) is 66.5 Å². The van der Waals surface area contributed by atoms with Gasteiger partial charge in [-0.25, -0.2) is 0 Å². The van der Waals surface area contributed by atoms with Gasteiger partial charge in [-0.05, 0) is 43.3 Å². The Morgan fingerprint density at radius 3 is 2.74 bits per heavy atom. The van der Waals surface area contributed by atoms with E-state index in [0.717, 1.165) is 31.4 Å². The molecule has 0 aliphatic heterocycles. The Bertz CT molecular complexity index is 438. The second-order valence-electron chi connectivity index (χ2n) is 4.86. The van der Waals surface area contributed by atoms with Gasteiger partial charge in [-0.1, -0.05) is 44.4 Å². The normalized spacial score (nSPS) is 23.4. The summed E-state index contributed by atoms with van der Waals surface area (Å²) in [7, 11) is 0. The van der Waals surface area contributed by atoms with Crippen LogP contribution >= 0.6 is 0 Å². The van der Waals surface area contributed by atoms with E-state index in [0.29, 0.717) is 5.70 Å². The van der Waals surface area contributed by atoms with Crippen LogP contribution in [0.1, 0.15) is 32.6 Å². The lowest BCUT2D eigenvalue weighted by Gasteiger charge is -2.30. The highest BCUT2D eigenvalue weighted by molar-refractivity contribution is 5.96. The van der Waals surface area contributed by atoms with Crippen molar-refractivity contribution in [3.05, 3.63) is 61.5 Å². The van der Waals surface area contributed by atoms with Crippen molar-refractivity contribution in [3.8, 4) is 0 Å². The fourth-order valence-electron chi connectivity index (χ4n) is 2.25. The first-order valence-electron chi connectivity index (χ1n) is 6.77. The Morgan fingerprint density at radius 1 is 1.42 bits per heavy atom. The standard InChI is InChI=1S/C17H24N2/c1-4-15(18)14-16(19-6-3)10-13-17(5-2)11-8-7-9-12-17/h4,6-9,11,14H,1,3,5,10,12-13,18H2,2H3/b15-14-,19-16?. The van der Waals surface area contributed by atoms with Crippen LogP contribution in [0.2, 0.25) is 0 Å². The van der Waals surface area contributed by atoms with Crippen LogP contribution in [-0.4, -0.2) is 5.71 Å². The minimum Gasteiger partial charge on any atom is -0.399 e. The molecule has 1 unspecified atom stereocenters. The van der Waals surface area contributed by atoms with E-state index in [1.165, 1.54) is 0 Å². The van der Waals surface area contributed by atoms with Gasteiger partial charge in [0.1, 0.15) is 0 Å². The molecule has 19 heavy (non-hydrogen) atoms. The average Bonchev–Trinajstić information content (AvgIpc) is 2.46. The number of hydrogen-bond acceptors (Lipinski definition) is 2. The van der Waals surface area contributed by atoms with Crippen LogP contribution in [0.25, 0.3) is 0 Å². The monoisotopic (exact) mass is 256 g/mol. The first-order chi connectivity index (χ1) is 9.15.